The number of aliphatic hydroxyl groups is 1. The SMILES string of the molecule is COC(=O)c1sc(N2C(=O)C(O)=C(C(=O)c3cccs3)[C@H]2c2ccc(Cl)c(Cl)c2)nc1C. The van der Waals surface area contributed by atoms with Crippen molar-refractivity contribution in [2.24, 2.45) is 0 Å². The van der Waals surface area contributed by atoms with Gasteiger partial charge in [0.05, 0.1) is 39.3 Å². The van der Waals surface area contributed by atoms with Crippen LogP contribution in [0.15, 0.2) is 47.0 Å². The van der Waals surface area contributed by atoms with Gasteiger partial charge >= 0.3 is 5.97 Å². The minimum Gasteiger partial charge on any atom is -0.503 e. The molecule has 0 radical (unpaired) electrons. The van der Waals surface area contributed by atoms with Crippen molar-refractivity contribution >= 4 is 68.7 Å². The fourth-order valence-corrected chi connectivity index (χ4v) is 5.34. The molecule has 1 N–H and O–H groups in total. The molecule has 32 heavy (non-hydrogen) atoms. The molecule has 2 aromatic heterocycles. The molecule has 0 saturated heterocycles. The third-order valence-corrected chi connectivity index (χ3v) is 7.56. The highest BCUT2D eigenvalue weighted by Crippen LogP contribution is 2.45. The molecule has 164 valence electrons. The first-order valence-electron chi connectivity index (χ1n) is 9.10. The number of ether oxygens (including phenoxy) is 1. The molecule has 1 aromatic carbocycles. The largest absolute Gasteiger partial charge is 0.503 e. The summed E-state index contributed by atoms with van der Waals surface area (Å²) in [5.74, 6) is -2.60. The lowest BCUT2D eigenvalue weighted by Gasteiger charge is -2.24. The fourth-order valence-electron chi connectivity index (χ4n) is 3.34. The molecule has 1 amide bonds. The van der Waals surface area contributed by atoms with Gasteiger partial charge in [0, 0.05) is 0 Å². The molecule has 0 bridgehead atoms. The van der Waals surface area contributed by atoms with Crippen molar-refractivity contribution in [1.82, 2.24) is 4.98 Å². The first kappa shape index (κ1) is 22.5. The summed E-state index contributed by atoms with van der Waals surface area (Å²) in [5, 5.41) is 13.1. The van der Waals surface area contributed by atoms with E-state index in [1.165, 1.54) is 35.5 Å². The van der Waals surface area contributed by atoms with Crippen molar-refractivity contribution in [2.45, 2.75) is 13.0 Å². The predicted molar refractivity (Wildman–Crippen MR) is 123 cm³/mol. The van der Waals surface area contributed by atoms with Gasteiger partial charge in [0.2, 0.25) is 5.78 Å². The van der Waals surface area contributed by atoms with E-state index in [-0.39, 0.29) is 20.6 Å². The zero-order valence-electron chi connectivity index (χ0n) is 16.6. The Morgan fingerprint density at radius 3 is 2.59 bits per heavy atom. The van der Waals surface area contributed by atoms with Crippen molar-refractivity contribution in [3.05, 3.63) is 78.1 Å². The molecule has 0 fully saturated rings. The number of methoxy groups -OCH3 is 1. The zero-order valence-corrected chi connectivity index (χ0v) is 19.7. The Hall–Kier alpha value is -2.72. The van der Waals surface area contributed by atoms with Crippen LogP contribution in [0.5, 0.6) is 0 Å². The molecule has 11 heteroatoms. The molecule has 4 rings (SSSR count). The third kappa shape index (κ3) is 3.71. The minimum absolute atomic E-state index is 0.108. The number of Topliss-reactive ketones (excluding diaryl/α,β-unsaturated/α-hetero) is 1. The number of esters is 1. The number of benzene rings is 1. The second kappa shape index (κ2) is 8.67. The van der Waals surface area contributed by atoms with E-state index in [9.17, 15) is 19.5 Å². The maximum atomic E-state index is 13.3. The highest BCUT2D eigenvalue weighted by molar-refractivity contribution is 7.17. The number of halogens is 2. The molecule has 1 aliphatic heterocycles. The van der Waals surface area contributed by atoms with Gasteiger partial charge in [-0.1, -0.05) is 46.7 Å². The van der Waals surface area contributed by atoms with Crippen molar-refractivity contribution in [3.8, 4) is 0 Å². The molecular formula is C21H14Cl2N2O5S2. The molecular weight excluding hydrogens is 495 g/mol. The van der Waals surface area contributed by atoms with Crippen LogP contribution in [0.25, 0.3) is 0 Å². The van der Waals surface area contributed by atoms with Crippen molar-refractivity contribution in [2.75, 3.05) is 12.0 Å². The molecule has 0 saturated carbocycles. The minimum atomic E-state index is -1.03. The number of aromatic nitrogens is 1. The quantitative estimate of drug-likeness (QED) is 0.366. The van der Waals surface area contributed by atoms with Crippen LogP contribution < -0.4 is 4.90 Å². The smallest absolute Gasteiger partial charge is 0.350 e. The van der Waals surface area contributed by atoms with E-state index in [1.807, 2.05) is 0 Å². The Bertz CT molecular complexity index is 1280. The Morgan fingerprint density at radius 1 is 1.22 bits per heavy atom. The van der Waals surface area contributed by atoms with Gasteiger partial charge in [0.25, 0.3) is 5.91 Å². The maximum absolute atomic E-state index is 13.3. The molecule has 0 unspecified atom stereocenters. The zero-order chi connectivity index (χ0) is 23.2. The average Bonchev–Trinajstić information content (AvgIpc) is 3.49. The van der Waals surface area contributed by atoms with E-state index in [1.54, 1.807) is 30.5 Å². The second-order valence-corrected chi connectivity index (χ2v) is 9.46. The molecule has 1 aliphatic rings. The predicted octanol–water partition coefficient (Wildman–Crippen LogP) is 5.39. The highest BCUT2D eigenvalue weighted by atomic mass is 35.5. The summed E-state index contributed by atoms with van der Waals surface area (Å²) >= 11 is 14.4. The summed E-state index contributed by atoms with van der Waals surface area (Å²) in [5.41, 5.74) is 0.697. The summed E-state index contributed by atoms with van der Waals surface area (Å²) in [4.78, 5) is 44.6. The number of nitrogens with zero attached hydrogens (tertiary/aromatic N) is 2. The van der Waals surface area contributed by atoms with Crippen LogP contribution in [0.4, 0.5) is 5.13 Å². The number of aliphatic hydroxyl groups excluding tert-OH is 1. The van der Waals surface area contributed by atoms with Gasteiger partial charge in [-0.2, -0.15) is 0 Å². The van der Waals surface area contributed by atoms with Gasteiger partial charge in [-0.15, -0.1) is 11.3 Å². The third-order valence-electron chi connectivity index (χ3n) is 4.82. The molecule has 0 aliphatic carbocycles. The van der Waals surface area contributed by atoms with E-state index < -0.39 is 29.5 Å². The number of thiophene rings is 1. The number of rotatable bonds is 5. The van der Waals surface area contributed by atoms with E-state index >= 15 is 0 Å². The van der Waals surface area contributed by atoms with E-state index in [0.29, 0.717) is 21.2 Å². The first-order chi connectivity index (χ1) is 15.2. The number of ketones is 1. The maximum Gasteiger partial charge on any atom is 0.350 e. The summed E-state index contributed by atoms with van der Waals surface area (Å²) < 4.78 is 4.77. The Balaban J connectivity index is 1.90. The van der Waals surface area contributed by atoms with Crippen LogP contribution in [0.1, 0.15) is 36.6 Å². The van der Waals surface area contributed by atoms with Crippen LogP contribution in [0, 0.1) is 6.92 Å². The standard InChI is InChI=1S/C21H14Cl2N2O5S2/c1-9-18(20(29)30-2)32-21(24-9)25-15(10-5-6-11(22)12(23)8-10)14(17(27)19(25)28)16(26)13-4-3-7-31-13/h3-8,15,27H,1-2H3/t15-/m1/s1. The lowest BCUT2D eigenvalue weighted by Crippen LogP contribution is -2.31. The Kier molecular flexibility index (Phi) is 6.09. The topological polar surface area (TPSA) is 96.8 Å². The summed E-state index contributed by atoms with van der Waals surface area (Å²) in [7, 11) is 1.24. The van der Waals surface area contributed by atoms with Gasteiger partial charge in [0.1, 0.15) is 4.88 Å². The highest BCUT2D eigenvalue weighted by Gasteiger charge is 2.46. The van der Waals surface area contributed by atoms with E-state index in [0.717, 1.165) is 11.3 Å². The Labute approximate surface area is 200 Å². The van der Waals surface area contributed by atoms with Crippen molar-refractivity contribution < 1.29 is 24.2 Å². The number of amides is 1. The van der Waals surface area contributed by atoms with Crippen molar-refractivity contribution in [1.29, 1.82) is 0 Å². The monoisotopic (exact) mass is 508 g/mol. The van der Waals surface area contributed by atoms with E-state index in [2.05, 4.69) is 4.98 Å². The van der Waals surface area contributed by atoms with Crippen LogP contribution in [-0.2, 0) is 9.53 Å². The first-order valence-corrected chi connectivity index (χ1v) is 11.5. The van der Waals surface area contributed by atoms with Crippen LogP contribution >= 0.6 is 45.9 Å². The number of hydrogen-bond donors (Lipinski definition) is 1. The normalized spacial score (nSPS) is 16.1. The average molecular weight is 509 g/mol. The molecule has 3 heterocycles. The number of thiazole rings is 1. The number of anilines is 1. The second-order valence-electron chi connectivity index (χ2n) is 6.72. The Morgan fingerprint density at radius 2 is 1.97 bits per heavy atom. The number of carbonyl (C=O) groups is 3. The van der Waals surface area contributed by atoms with Crippen LogP contribution in [0.3, 0.4) is 0 Å². The summed E-state index contributed by atoms with van der Waals surface area (Å²) in [6.45, 7) is 1.60. The van der Waals surface area contributed by atoms with Gasteiger partial charge in [-0.05, 0) is 36.1 Å². The summed E-state index contributed by atoms with van der Waals surface area (Å²) in [6.07, 6.45) is 0. The van der Waals surface area contributed by atoms with Gasteiger partial charge in [-0.25, -0.2) is 9.78 Å². The number of aryl methyl sites for hydroxylation is 1. The summed E-state index contributed by atoms with van der Waals surface area (Å²) in [6, 6.07) is 6.96. The van der Waals surface area contributed by atoms with E-state index in [4.69, 9.17) is 27.9 Å². The van der Waals surface area contributed by atoms with Crippen molar-refractivity contribution in [3.63, 3.8) is 0 Å². The molecule has 1 atom stereocenters. The van der Waals surface area contributed by atoms with Crippen LogP contribution in [0.2, 0.25) is 10.0 Å². The molecule has 7 nitrogen and oxygen atoms in total. The molecule has 3 aromatic rings. The lowest BCUT2D eigenvalue weighted by molar-refractivity contribution is -0.117. The number of carbonyl (C=O) groups excluding carboxylic acids is 3. The van der Waals surface area contributed by atoms with Gasteiger partial charge in [-0.3, -0.25) is 14.5 Å². The van der Waals surface area contributed by atoms with Crippen LogP contribution in [-0.4, -0.2) is 34.9 Å². The lowest BCUT2D eigenvalue weighted by atomic mass is 9.95. The molecule has 0 spiro atoms. The van der Waals surface area contributed by atoms with Gasteiger partial charge in [0.15, 0.2) is 10.9 Å². The fraction of sp³-hybridized carbons (Fsp3) is 0.143. The van der Waals surface area contributed by atoms with Gasteiger partial charge < -0.3 is 9.84 Å². The number of hydrogen-bond acceptors (Lipinski definition) is 8.